The Labute approximate surface area is 181 Å². The highest BCUT2D eigenvalue weighted by Crippen LogP contribution is 2.44. The summed E-state index contributed by atoms with van der Waals surface area (Å²) in [6.45, 7) is 5.87. The summed E-state index contributed by atoms with van der Waals surface area (Å²) in [5.74, 6) is -0.389. The van der Waals surface area contributed by atoms with Crippen LogP contribution in [0.25, 0.3) is 0 Å². The minimum atomic E-state index is -0.592. The largest absolute Gasteiger partial charge is 0.310 e. The maximum Gasteiger partial charge on any atom is 0.235 e. The maximum atomic E-state index is 13.4. The standard InChI is InChI=1S/C24H24ClN3O2/c1-13-4-9-20(26-12-13)28-24(30)21-15(3)27-18-10-14(2)11-19(29)23(18)22(21)16-5-7-17(25)8-6-16/h4-9,12,14,21-22H,10-11H2,1-3H3,(H,26,28,30)/t14-,21?,22-/m1/s1. The van der Waals surface area contributed by atoms with Crippen LogP contribution in [0.3, 0.4) is 0 Å². The number of aromatic nitrogens is 1. The first-order valence-corrected chi connectivity index (χ1v) is 10.5. The number of amides is 1. The molecule has 6 heteroatoms. The van der Waals surface area contributed by atoms with Crippen molar-refractivity contribution in [1.82, 2.24) is 4.98 Å². The summed E-state index contributed by atoms with van der Waals surface area (Å²) in [5, 5.41) is 3.52. The van der Waals surface area contributed by atoms with Crippen LogP contribution in [-0.4, -0.2) is 22.4 Å². The number of aryl methyl sites for hydroxylation is 1. The molecule has 30 heavy (non-hydrogen) atoms. The van der Waals surface area contributed by atoms with Crippen molar-refractivity contribution in [2.24, 2.45) is 16.8 Å². The summed E-state index contributed by atoms with van der Waals surface area (Å²) in [5.41, 5.74) is 4.09. The van der Waals surface area contributed by atoms with Crippen molar-refractivity contribution in [3.8, 4) is 0 Å². The predicted molar refractivity (Wildman–Crippen MR) is 119 cm³/mol. The van der Waals surface area contributed by atoms with E-state index in [2.05, 4.69) is 17.2 Å². The summed E-state index contributed by atoms with van der Waals surface area (Å²) in [7, 11) is 0. The Hall–Kier alpha value is -2.79. The Kier molecular flexibility index (Phi) is 5.56. The van der Waals surface area contributed by atoms with Gasteiger partial charge in [0.15, 0.2) is 5.78 Å². The quantitative estimate of drug-likeness (QED) is 0.748. The summed E-state index contributed by atoms with van der Waals surface area (Å²) in [6, 6.07) is 11.1. The van der Waals surface area contributed by atoms with Gasteiger partial charge >= 0.3 is 0 Å². The summed E-state index contributed by atoms with van der Waals surface area (Å²) in [6.07, 6.45) is 2.93. The van der Waals surface area contributed by atoms with E-state index in [0.29, 0.717) is 28.5 Å². The zero-order valence-corrected chi connectivity index (χ0v) is 18.0. The molecular formula is C24H24ClN3O2. The Morgan fingerprint density at radius 2 is 1.83 bits per heavy atom. The molecule has 1 amide bonds. The molecule has 1 N–H and O–H groups in total. The van der Waals surface area contributed by atoms with Crippen LogP contribution in [0.2, 0.25) is 5.02 Å². The molecule has 1 aliphatic heterocycles. The smallest absolute Gasteiger partial charge is 0.235 e. The molecule has 0 saturated heterocycles. The third-order valence-electron chi connectivity index (χ3n) is 5.77. The second-order valence-corrected chi connectivity index (χ2v) is 8.70. The number of hydrogen-bond donors (Lipinski definition) is 1. The average molecular weight is 422 g/mol. The highest BCUT2D eigenvalue weighted by molar-refractivity contribution is 6.30. The zero-order valence-electron chi connectivity index (χ0n) is 17.3. The van der Waals surface area contributed by atoms with Gasteiger partial charge in [0.2, 0.25) is 5.91 Å². The SMILES string of the molecule is CC1=NC2=C(C(=O)C[C@H](C)C2)[C@H](c2ccc(Cl)cc2)C1C(=O)Nc1ccc(C)cn1. The van der Waals surface area contributed by atoms with Gasteiger partial charge in [-0.1, -0.05) is 36.7 Å². The number of halogens is 1. The first-order valence-electron chi connectivity index (χ1n) is 10.1. The molecule has 1 aromatic heterocycles. The Bertz CT molecular complexity index is 1050. The topological polar surface area (TPSA) is 71.4 Å². The number of pyridine rings is 1. The van der Waals surface area contributed by atoms with Gasteiger partial charge in [-0.3, -0.25) is 14.6 Å². The van der Waals surface area contributed by atoms with E-state index in [1.165, 1.54) is 0 Å². The number of carbonyl (C=O) groups excluding carboxylic acids is 2. The molecule has 1 aliphatic carbocycles. The monoisotopic (exact) mass is 421 g/mol. The van der Waals surface area contributed by atoms with Gasteiger partial charge in [-0.25, -0.2) is 4.98 Å². The molecule has 2 heterocycles. The molecule has 2 aliphatic rings. The lowest BCUT2D eigenvalue weighted by Crippen LogP contribution is -2.39. The van der Waals surface area contributed by atoms with Crippen LogP contribution in [0.15, 0.2) is 58.9 Å². The third-order valence-corrected chi connectivity index (χ3v) is 6.02. The van der Waals surface area contributed by atoms with E-state index in [-0.39, 0.29) is 23.5 Å². The molecule has 5 nitrogen and oxygen atoms in total. The Morgan fingerprint density at radius 3 is 2.50 bits per heavy atom. The van der Waals surface area contributed by atoms with Gasteiger partial charge in [0.05, 0.1) is 5.92 Å². The van der Waals surface area contributed by atoms with Gasteiger partial charge in [-0.05, 0) is 55.5 Å². The second kappa shape index (κ2) is 8.15. The van der Waals surface area contributed by atoms with Crippen molar-refractivity contribution in [2.45, 2.75) is 39.5 Å². The van der Waals surface area contributed by atoms with Gasteiger partial charge in [-0.15, -0.1) is 0 Å². The van der Waals surface area contributed by atoms with Gasteiger partial charge in [0.25, 0.3) is 0 Å². The minimum absolute atomic E-state index is 0.0752. The number of nitrogens with one attached hydrogen (secondary N) is 1. The fraction of sp³-hybridized carbons (Fsp3) is 0.333. The predicted octanol–water partition coefficient (Wildman–Crippen LogP) is 5.11. The number of benzene rings is 1. The molecule has 0 bridgehead atoms. The minimum Gasteiger partial charge on any atom is -0.310 e. The Morgan fingerprint density at radius 1 is 1.10 bits per heavy atom. The van der Waals surface area contributed by atoms with Crippen molar-refractivity contribution >= 4 is 34.8 Å². The first kappa shape index (κ1) is 20.5. The van der Waals surface area contributed by atoms with Crippen molar-refractivity contribution in [3.05, 3.63) is 70.0 Å². The molecule has 3 atom stereocenters. The van der Waals surface area contributed by atoms with E-state index < -0.39 is 5.92 Å². The number of anilines is 1. The van der Waals surface area contributed by atoms with Gasteiger partial charge in [0.1, 0.15) is 5.82 Å². The number of rotatable bonds is 3. The molecule has 0 spiro atoms. The van der Waals surface area contributed by atoms with Crippen molar-refractivity contribution < 1.29 is 9.59 Å². The molecule has 0 radical (unpaired) electrons. The van der Waals surface area contributed by atoms with Crippen molar-refractivity contribution in [1.29, 1.82) is 0 Å². The van der Waals surface area contributed by atoms with Crippen molar-refractivity contribution in [3.63, 3.8) is 0 Å². The average Bonchev–Trinajstić information content (AvgIpc) is 2.69. The van der Waals surface area contributed by atoms with E-state index in [4.69, 9.17) is 16.6 Å². The molecule has 0 fully saturated rings. The van der Waals surface area contributed by atoms with E-state index in [1.807, 2.05) is 32.0 Å². The highest BCUT2D eigenvalue weighted by atomic mass is 35.5. The van der Waals surface area contributed by atoms with E-state index in [9.17, 15) is 9.59 Å². The number of nitrogens with zero attached hydrogens (tertiary/aromatic N) is 2. The van der Waals surface area contributed by atoms with E-state index in [0.717, 1.165) is 23.2 Å². The molecule has 1 aromatic carbocycles. The van der Waals surface area contributed by atoms with Gasteiger partial charge in [0, 0.05) is 40.5 Å². The third kappa shape index (κ3) is 3.94. The number of carbonyl (C=O) groups is 2. The summed E-state index contributed by atoms with van der Waals surface area (Å²) < 4.78 is 0. The zero-order chi connectivity index (χ0) is 21.4. The van der Waals surface area contributed by atoms with Crippen LogP contribution in [-0.2, 0) is 9.59 Å². The second-order valence-electron chi connectivity index (χ2n) is 8.27. The van der Waals surface area contributed by atoms with Crippen LogP contribution in [0.4, 0.5) is 5.82 Å². The number of Topliss-reactive ketones (excluding diaryl/α,β-unsaturated/α-hetero) is 1. The fourth-order valence-electron chi connectivity index (χ4n) is 4.36. The molecule has 1 unspecified atom stereocenters. The normalized spacial score (nSPS) is 23.7. The highest BCUT2D eigenvalue weighted by Gasteiger charge is 2.43. The molecule has 4 rings (SSSR count). The maximum absolute atomic E-state index is 13.4. The molecule has 2 aromatic rings. The summed E-state index contributed by atoms with van der Waals surface area (Å²) in [4.78, 5) is 35.4. The van der Waals surface area contributed by atoms with E-state index >= 15 is 0 Å². The lowest BCUT2D eigenvalue weighted by Gasteiger charge is -2.36. The lowest BCUT2D eigenvalue weighted by atomic mass is 9.70. The Balaban J connectivity index is 1.77. The number of allylic oxidation sites excluding steroid dienone is 2. The molecule has 154 valence electrons. The van der Waals surface area contributed by atoms with Crippen LogP contribution >= 0.6 is 11.6 Å². The van der Waals surface area contributed by atoms with Crippen LogP contribution in [0.5, 0.6) is 0 Å². The van der Waals surface area contributed by atoms with E-state index in [1.54, 1.807) is 24.4 Å². The lowest BCUT2D eigenvalue weighted by molar-refractivity contribution is -0.119. The number of aliphatic imine (C=N–C) groups is 1. The van der Waals surface area contributed by atoms with Crippen molar-refractivity contribution in [2.75, 3.05) is 5.32 Å². The fourth-order valence-corrected chi connectivity index (χ4v) is 4.49. The van der Waals surface area contributed by atoms with Gasteiger partial charge < -0.3 is 5.32 Å². The number of ketones is 1. The van der Waals surface area contributed by atoms with Crippen LogP contribution in [0.1, 0.15) is 43.7 Å². The number of hydrogen-bond acceptors (Lipinski definition) is 4. The summed E-state index contributed by atoms with van der Waals surface area (Å²) >= 11 is 6.09. The van der Waals surface area contributed by atoms with Crippen LogP contribution < -0.4 is 5.32 Å². The van der Waals surface area contributed by atoms with Crippen LogP contribution in [0, 0.1) is 18.8 Å². The molecular weight excluding hydrogens is 398 g/mol. The van der Waals surface area contributed by atoms with Gasteiger partial charge in [-0.2, -0.15) is 0 Å². The first-order chi connectivity index (χ1) is 14.3. The molecule has 0 saturated carbocycles.